The van der Waals surface area contributed by atoms with Crippen LogP contribution >= 0.6 is 0 Å². The SMILES string of the molecule is CCC1=CC[C]([Ti+3])=C1[Si](c1cc(Cc2ccccc2)cc(Cc2ccccc2)c1)(c1cc(Cc2ccccc2)cc(Cc2ccccc2)c1)c1cc(Cc2ccccc2)cc(Cc2ccccc2)c1.[Cl-].[Cl-].[Cl-]. The van der Waals surface area contributed by atoms with Gasteiger partial charge in [0.2, 0.25) is 0 Å². The van der Waals surface area contributed by atoms with Crippen molar-refractivity contribution in [2.75, 3.05) is 0 Å². The zero-order valence-corrected chi connectivity index (χ0v) is 45.7. The molecule has 0 nitrogen and oxygen atoms in total. The van der Waals surface area contributed by atoms with Crippen LogP contribution in [0.1, 0.15) is 86.5 Å². The van der Waals surface area contributed by atoms with Crippen LogP contribution in [0, 0.1) is 0 Å². The number of hydrogen-bond acceptors (Lipinski definition) is 0. The summed E-state index contributed by atoms with van der Waals surface area (Å²) < 4.78 is 1.51. The Morgan fingerprint density at radius 2 is 0.542 bits per heavy atom. The smallest absolute Gasteiger partial charge is 1.00 e. The van der Waals surface area contributed by atoms with Crippen molar-refractivity contribution in [2.24, 2.45) is 0 Å². The quantitative estimate of drug-likeness (QED) is 0.0911. The molecule has 0 aromatic heterocycles. The molecule has 0 spiro atoms. The second-order valence-electron chi connectivity index (χ2n) is 19.0. The molecule has 0 amide bonds. The van der Waals surface area contributed by atoms with Gasteiger partial charge in [0.05, 0.1) is 0 Å². The van der Waals surface area contributed by atoms with Gasteiger partial charge >= 0.3 is 426 Å². The summed E-state index contributed by atoms with van der Waals surface area (Å²) in [4.78, 5) is 0. The van der Waals surface area contributed by atoms with E-state index in [0.29, 0.717) is 0 Å². The summed E-state index contributed by atoms with van der Waals surface area (Å²) >= 11 is 2.45. The van der Waals surface area contributed by atoms with Crippen molar-refractivity contribution in [3.05, 3.63) is 324 Å². The van der Waals surface area contributed by atoms with Gasteiger partial charge in [-0.3, -0.25) is 0 Å². The third-order valence-electron chi connectivity index (χ3n) is 13.9. The van der Waals surface area contributed by atoms with Crippen molar-refractivity contribution in [2.45, 2.75) is 58.3 Å². The Kier molecular flexibility index (Phi) is 19.3. The molecule has 72 heavy (non-hydrogen) atoms. The summed E-state index contributed by atoms with van der Waals surface area (Å²) in [5.74, 6) is 0. The molecule has 10 rings (SSSR count). The fraction of sp³-hybridized carbons (Fsp3) is 0.134. The van der Waals surface area contributed by atoms with Gasteiger partial charge in [-0.2, -0.15) is 0 Å². The maximum Gasteiger partial charge on any atom is -1.00 e. The fourth-order valence-corrected chi connectivity index (χ4v) is 17.8. The molecule has 0 saturated carbocycles. The van der Waals surface area contributed by atoms with Crippen LogP contribution in [0.4, 0.5) is 0 Å². The van der Waals surface area contributed by atoms with E-state index in [-0.39, 0.29) is 37.2 Å². The summed E-state index contributed by atoms with van der Waals surface area (Å²) in [6.07, 6.45) is 9.77. The van der Waals surface area contributed by atoms with E-state index in [4.69, 9.17) is 0 Å². The van der Waals surface area contributed by atoms with Gasteiger partial charge in [-0.15, -0.1) is 0 Å². The first-order chi connectivity index (χ1) is 34.0. The van der Waals surface area contributed by atoms with Gasteiger partial charge in [-0.1, -0.05) is 0 Å². The Hall–Kier alpha value is -5.74. The molecule has 0 aliphatic heterocycles. The van der Waals surface area contributed by atoms with Crippen LogP contribution in [0.15, 0.2) is 257 Å². The minimum atomic E-state index is -3.22. The van der Waals surface area contributed by atoms with Crippen molar-refractivity contribution in [3.63, 3.8) is 0 Å². The number of rotatable bonds is 17. The van der Waals surface area contributed by atoms with Crippen LogP contribution in [0.25, 0.3) is 0 Å². The Morgan fingerprint density at radius 1 is 0.319 bits per heavy atom. The van der Waals surface area contributed by atoms with Crippen LogP contribution in [-0.4, -0.2) is 8.07 Å². The monoisotopic (exact) mass is 1040 g/mol. The minimum absolute atomic E-state index is 0. The first kappa shape index (κ1) is 54.0. The molecular formula is C67H59Cl3SiTi. The van der Waals surface area contributed by atoms with E-state index >= 15 is 0 Å². The molecule has 1 aliphatic carbocycles. The Balaban J connectivity index is 0.00000253. The van der Waals surface area contributed by atoms with E-state index in [1.807, 2.05) is 0 Å². The normalized spacial score (nSPS) is 12.1. The molecule has 0 unspecified atom stereocenters. The van der Waals surface area contributed by atoms with Gasteiger partial charge < -0.3 is 37.2 Å². The van der Waals surface area contributed by atoms with Gasteiger partial charge in [0.15, 0.2) is 0 Å². The number of hydrogen-bond donors (Lipinski definition) is 0. The van der Waals surface area contributed by atoms with Gasteiger partial charge in [-0.05, 0) is 0 Å². The summed E-state index contributed by atoms with van der Waals surface area (Å²) in [7, 11) is -3.22. The summed E-state index contributed by atoms with van der Waals surface area (Å²) in [6.45, 7) is 2.38. The van der Waals surface area contributed by atoms with Crippen molar-refractivity contribution in [1.82, 2.24) is 0 Å². The van der Waals surface area contributed by atoms with E-state index in [2.05, 4.69) is 270 Å². The first-order valence-electron chi connectivity index (χ1n) is 24.8. The molecule has 356 valence electrons. The Labute approximate surface area is 460 Å². The largest absolute Gasteiger partial charge is 1.00 e. The number of benzene rings is 9. The summed E-state index contributed by atoms with van der Waals surface area (Å²) in [5.41, 5.74) is 17.7. The minimum Gasteiger partial charge on any atom is -1.00 e. The summed E-state index contributed by atoms with van der Waals surface area (Å²) in [5, 5.41) is 6.02. The molecule has 0 saturated heterocycles. The van der Waals surface area contributed by atoms with Gasteiger partial charge in [-0.25, -0.2) is 0 Å². The first-order valence-corrected chi connectivity index (χ1v) is 27.5. The average Bonchev–Trinajstić information content (AvgIpc) is 3.76. The molecule has 1 aliphatic rings. The molecule has 9 aromatic rings. The van der Waals surface area contributed by atoms with E-state index in [0.717, 1.165) is 51.4 Å². The zero-order valence-electron chi connectivity index (χ0n) is 40.9. The predicted molar refractivity (Wildman–Crippen MR) is 289 cm³/mol. The molecular weight excluding hydrogens is 987 g/mol. The number of halogens is 3. The Bertz CT molecular complexity index is 2720. The van der Waals surface area contributed by atoms with Crippen molar-refractivity contribution in [1.29, 1.82) is 0 Å². The topological polar surface area (TPSA) is 0 Å². The van der Waals surface area contributed by atoms with Crippen molar-refractivity contribution >= 4 is 23.6 Å². The van der Waals surface area contributed by atoms with Gasteiger partial charge in [0.25, 0.3) is 0 Å². The number of allylic oxidation sites excluding steroid dienone is 4. The fourth-order valence-electron chi connectivity index (χ4n) is 10.9. The van der Waals surface area contributed by atoms with Crippen LogP contribution < -0.4 is 52.8 Å². The van der Waals surface area contributed by atoms with E-state index in [1.165, 1.54) is 91.8 Å². The summed E-state index contributed by atoms with van der Waals surface area (Å²) in [6, 6.07) is 90.0. The maximum atomic E-state index is 2.65. The average molecular weight is 1050 g/mol. The van der Waals surface area contributed by atoms with Crippen LogP contribution in [-0.2, 0) is 59.0 Å². The zero-order chi connectivity index (χ0) is 46.8. The van der Waals surface area contributed by atoms with E-state index < -0.39 is 8.07 Å². The molecule has 0 radical (unpaired) electrons. The predicted octanol–water partition coefficient (Wildman–Crippen LogP) is 4.79. The van der Waals surface area contributed by atoms with Gasteiger partial charge in [0.1, 0.15) is 0 Å². The standard InChI is InChI=1S/C67H59Si.3ClH.Ti/c1-2-63-34-21-35-67(63)68(64-45-57(36-51-22-9-3-10-23-51)42-58(46-64)37-52-24-11-4-12-25-52,65-47-59(38-53-26-13-5-14-27-53)43-60(48-65)39-54-28-15-6-16-29-54)66-49-61(40-55-30-17-7-18-31-55)44-62(50-66)41-56-32-19-8-20-33-56;;;;/h3-20,22-34,42-50H,2,21,36-41H2,1H3;3*1H;/q;;;;+3/p-3. The molecule has 0 N–H and O–H groups in total. The van der Waals surface area contributed by atoms with Gasteiger partial charge in [0, 0.05) is 0 Å². The van der Waals surface area contributed by atoms with E-state index in [1.54, 1.807) is 5.20 Å². The molecule has 5 heteroatoms. The molecule has 0 bridgehead atoms. The Morgan fingerprint density at radius 3 is 0.750 bits per heavy atom. The van der Waals surface area contributed by atoms with Crippen LogP contribution in [0.3, 0.4) is 0 Å². The van der Waals surface area contributed by atoms with E-state index in [9.17, 15) is 0 Å². The molecule has 0 fully saturated rings. The van der Waals surface area contributed by atoms with Crippen molar-refractivity contribution < 1.29 is 57.7 Å². The molecule has 0 atom stereocenters. The van der Waals surface area contributed by atoms with Crippen molar-refractivity contribution in [3.8, 4) is 0 Å². The third kappa shape index (κ3) is 12.9. The second kappa shape index (κ2) is 25.8. The maximum absolute atomic E-state index is 3.22. The second-order valence-corrected chi connectivity index (χ2v) is 23.7. The molecule has 0 heterocycles. The molecule has 9 aromatic carbocycles. The third-order valence-corrected chi connectivity index (χ3v) is 19.8. The van der Waals surface area contributed by atoms with Crippen LogP contribution in [0.5, 0.6) is 0 Å². The van der Waals surface area contributed by atoms with Crippen LogP contribution in [0.2, 0.25) is 0 Å².